The topological polar surface area (TPSA) is 108 Å². The Balaban J connectivity index is 1.35. The molecule has 4 bridgehead atoms. The zero-order valence-corrected chi connectivity index (χ0v) is 26.1. The fraction of sp³-hybridized carbons (Fsp3) is 0.676. The van der Waals surface area contributed by atoms with Crippen molar-refractivity contribution in [1.82, 2.24) is 14.9 Å². The van der Waals surface area contributed by atoms with Gasteiger partial charge in [0.25, 0.3) is 0 Å². The number of amides is 1. The third-order valence-corrected chi connectivity index (χ3v) is 10.6. The van der Waals surface area contributed by atoms with Gasteiger partial charge in [-0.15, -0.1) is 0 Å². The second kappa shape index (κ2) is 11.7. The highest BCUT2D eigenvalue weighted by atomic mass is 16.5. The molecule has 2 aliphatic heterocycles. The van der Waals surface area contributed by atoms with Gasteiger partial charge in [-0.05, 0) is 67.4 Å². The maximum absolute atomic E-state index is 14.2. The number of ether oxygens (including phenoxy) is 3. The predicted octanol–water partition coefficient (Wildman–Crippen LogP) is 5.17. The van der Waals surface area contributed by atoms with Crippen molar-refractivity contribution < 1.29 is 28.6 Å². The van der Waals surface area contributed by atoms with Gasteiger partial charge in [0.2, 0.25) is 11.8 Å². The summed E-state index contributed by atoms with van der Waals surface area (Å²) in [6.45, 7) is 8.08. The Kier molecular flexibility index (Phi) is 8.11. The van der Waals surface area contributed by atoms with E-state index in [0.717, 1.165) is 56.0 Å². The summed E-state index contributed by atoms with van der Waals surface area (Å²) in [6, 6.07) is 4.97. The molecule has 3 heterocycles. The Morgan fingerprint density at radius 1 is 1.02 bits per heavy atom. The first-order valence-corrected chi connectivity index (χ1v) is 16.0. The molecular weight excluding hydrogens is 546 g/mol. The van der Waals surface area contributed by atoms with E-state index in [2.05, 4.69) is 0 Å². The zero-order valence-electron chi connectivity index (χ0n) is 26.1. The van der Waals surface area contributed by atoms with Gasteiger partial charge >= 0.3 is 5.97 Å². The van der Waals surface area contributed by atoms with Crippen molar-refractivity contribution in [2.45, 2.75) is 97.3 Å². The lowest BCUT2D eigenvalue weighted by atomic mass is 9.77. The third kappa shape index (κ3) is 5.72. The van der Waals surface area contributed by atoms with Gasteiger partial charge in [0, 0.05) is 12.0 Å². The summed E-state index contributed by atoms with van der Waals surface area (Å²) in [5, 5.41) is 0. The van der Waals surface area contributed by atoms with Gasteiger partial charge in [-0.2, -0.15) is 0 Å². The van der Waals surface area contributed by atoms with E-state index in [1.807, 2.05) is 45.9 Å². The SMILES string of the molecule is COc1ccc2nc3c(nc2c1)O[C@H]1CN(C(=O)[C@H](C(C)(C)C)CC(=O)O[C@@H]2C4CC(C4)[C@H]2CCCCC3)[C@H](C=O)[C@@H]1C. The highest BCUT2D eigenvalue weighted by Crippen LogP contribution is 2.55. The Hall–Kier alpha value is -3.23. The van der Waals surface area contributed by atoms with Gasteiger partial charge in [0.1, 0.15) is 29.9 Å². The number of rotatable bonds is 2. The maximum atomic E-state index is 14.2. The minimum atomic E-state index is -0.663. The first-order valence-electron chi connectivity index (χ1n) is 16.0. The second-order valence-electron chi connectivity index (χ2n) is 14.3. The number of aryl methyl sites for hydroxylation is 1. The highest BCUT2D eigenvalue weighted by Gasteiger charge is 2.54. The van der Waals surface area contributed by atoms with E-state index < -0.39 is 23.5 Å². The molecule has 5 aliphatic rings. The number of nitrogens with zero attached hydrogens (tertiary/aromatic N) is 3. The normalized spacial score (nSPS) is 33.4. The summed E-state index contributed by atoms with van der Waals surface area (Å²) in [5.74, 6) is 1.21. The summed E-state index contributed by atoms with van der Waals surface area (Å²) >= 11 is 0. The van der Waals surface area contributed by atoms with Crippen LogP contribution >= 0.6 is 0 Å². The van der Waals surface area contributed by atoms with Gasteiger partial charge in [-0.1, -0.05) is 40.5 Å². The van der Waals surface area contributed by atoms with E-state index >= 15 is 0 Å². The minimum Gasteiger partial charge on any atom is -0.497 e. The molecule has 6 atom stereocenters. The van der Waals surface area contributed by atoms with Gasteiger partial charge in [0.05, 0.1) is 43.1 Å². The summed E-state index contributed by atoms with van der Waals surface area (Å²) in [4.78, 5) is 51.4. The Bertz CT molecular complexity index is 1380. The van der Waals surface area contributed by atoms with Crippen molar-refractivity contribution >= 4 is 29.2 Å². The molecule has 7 rings (SSSR count). The smallest absolute Gasteiger partial charge is 0.306 e. The molecule has 1 aromatic heterocycles. The molecule has 4 fully saturated rings. The number of esters is 1. The number of aromatic nitrogens is 2. The molecule has 0 spiro atoms. The van der Waals surface area contributed by atoms with E-state index in [0.29, 0.717) is 41.3 Å². The van der Waals surface area contributed by atoms with Gasteiger partial charge in [-0.3, -0.25) is 9.59 Å². The molecule has 3 saturated carbocycles. The number of aldehydes is 1. The number of fused-ring (bicyclic) bond motifs is 4. The van der Waals surface area contributed by atoms with Crippen LogP contribution in [0.1, 0.15) is 78.3 Å². The van der Waals surface area contributed by atoms with Crippen LogP contribution in [0.3, 0.4) is 0 Å². The average Bonchev–Trinajstić information content (AvgIpc) is 3.56. The van der Waals surface area contributed by atoms with Crippen molar-refractivity contribution in [2.24, 2.45) is 35.0 Å². The monoisotopic (exact) mass is 591 g/mol. The lowest BCUT2D eigenvalue weighted by molar-refractivity contribution is -0.158. The van der Waals surface area contributed by atoms with E-state index in [1.165, 1.54) is 0 Å². The summed E-state index contributed by atoms with van der Waals surface area (Å²) in [5.41, 5.74) is 1.74. The van der Waals surface area contributed by atoms with Crippen molar-refractivity contribution in [3.8, 4) is 11.6 Å². The lowest BCUT2D eigenvalue weighted by Crippen LogP contribution is -2.46. The molecule has 9 heteroatoms. The molecule has 2 aromatic rings. The molecule has 0 unspecified atom stereocenters. The molecule has 0 radical (unpaired) electrons. The fourth-order valence-electron chi connectivity index (χ4n) is 7.85. The van der Waals surface area contributed by atoms with E-state index in [4.69, 9.17) is 24.2 Å². The molecule has 1 aromatic carbocycles. The van der Waals surface area contributed by atoms with Crippen molar-refractivity contribution in [3.63, 3.8) is 0 Å². The Morgan fingerprint density at radius 2 is 1.81 bits per heavy atom. The molecular formula is C34H45N3O6. The summed E-state index contributed by atoms with van der Waals surface area (Å²) in [7, 11) is 1.62. The number of carbonyl (C=O) groups excluding carboxylic acids is 3. The van der Waals surface area contributed by atoms with Gasteiger partial charge in [0.15, 0.2) is 0 Å². The average molecular weight is 592 g/mol. The number of hydrogen-bond acceptors (Lipinski definition) is 8. The fourth-order valence-corrected chi connectivity index (χ4v) is 7.85. The number of methoxy groups -OCH3 is 1. The van der Waals surface area contributed by atoms with Crippen LogP contribution in [0, 0.1) is 35.0 Å². The van der Waals surface area contributed by atoms with Crippen LogP contribution < -0.4 is 9.47 Å². The molecule has 0 N–H and O–H groups in total. The second-order valence-corrected chi connectivity index (χ2v) is 14.3. The first-order chi connectivity index (χ1) is 20.6. The van der Waals surface area contributed by atoms with Crippen LogP contribution in [0.5, 0.6) is 11.6 Å². The predicted molar refractivity (Wildman–Crippen MR) is 161 cm³/mol. The van der Waals surface area contributed by atoms with Gasteiger partial charge < -0.3 is 23.9 Å². The molecule has 1 saturated heterocycles. The Morgan fingerprint density at radius 3 is 2.53 bits per heavy atom. The standard InChI is InChI=1S/C34H45N3O6/c1-19-28(18-38)37-17-29(19)42-32-26(35-25-12-11-22(41-5)15-27(25)36-32)10-8-6-7-9-23-20-13-21(14-20)31(23)43-30(39)16-24(33(37)40)34(2,3)4/h11-12,15,18-21,23-24,28-29,31H,6-10,13-14,16-17H2,1-5H3/t19-,20?,21?,23+,24+,28+,29-,31+/m0/s1. The highest BCUT2D eigenvalue weighted by molar-refractivity contribution is 5.87. The van der Waals surface area contributed by atoms with E-state index in [9.17, 15) is 14.4 Å². The quantitative estimate of drug-likeness (QED) is 0.348. The van der Waals surface area contributed by atoms with Crippen LogP contribution in [0.25, 0.3) is 11.0 Å². The van der Waals surface area contributed by atoms with Crippen LogP contribution in [0.2, 0.25) is 0 Å². The largest absolute Gasteiger partial charge is 0.497 e. The first kappa shape index (κ1) is 29.8. The third-order valence-electron chi connectivity index (χ3n) is 10.6. The van der Waals surface area contributed by atoms with Crippen molar-refractivity contribution in [1.29, 1.82) is 0 Å². The van der Waals surface area contributed by atoms with Crippen molar-refractivity contribution in [3.05, 3.63) is 23.9 Å². The Labute approximate surface area is 254 Å². The van der Waals surface area contributed by atoms with Crippen LogP contribution in [-0.4, -0.2) is 64.9 Å². The summed E-state index contributed by atoms with van der Waals surface area (Å²) in [6.07, 6.45) is 7.41. The number of carbonyl (C=O) groups is 3. The molecule has 232 valence electrons. The lowest BCUT2D eigenvalue weighted by Gasteiger charge is -2.34. The van der Waals surface area contributed by atoms with Crippen LogP contribution in [0.4, 0.5) is 0 Å². The molecule has 9 nitrogen and oxygen atoms in total. The van der Waals surface area contributed by atoms with Crippen LogP contribution in [0.15, 0.2) is 18.2 Å². The molecule has 1 amide bonds. The zero-order chi connectivity index (χ0) is 30.5. The van der Waals surface area contributed by atoms with Gasteiger partial charge in [-0.25, -0.2) is 9.97 Å². The van der Waals surface area contributed by atoms with E-state index in [-0.39, 0.29) is 36.9 Å². The maximum Gasteiger partial charge on any atom is 0.306 e. The minimum absolute atomic E-state index is 0.00700. The van der Waals surface area contributed by atoms with E-state index in [1.54, 1.807) is 12.0 Å². The molecule has 3 aliphatic carbocycles. The molecule has 43 heavy (non-hydrogen) atoms. The number of hydrogen-bond donors (Lipinski definition) is 0. The number of benzene rings is 1. The van der Waals surface area contributed by atoms with Crippen molar-refractivity contribution in [2.75, 3.05) is 13.7 Å². The summed E-state index contributed by atoms with van der Waals surface area (Å²) < 4.78 is 18.2. The van der Waals surface area contributed by atoms with Crippen LogP contribution in [-0.2, 0) is 25.5 Å².